The molecule has 0 spiro atoms. The molecule has 0 aliphatic carbocycles. The molecule has 0 bridgehead atoms. The van der Waals surface area contributed by atoms with Gasteiger partial charge >= 0.3 is 0 Å². The average molecular weight is 206 g/mol. The van der Waals surface area contributed by atoms with E-state index in [-0.39, 0.29) is 11.3 Å². The molecule has 0 unspecified atom stereocenters. The Morgan fingerprint density at radius 3 is 3.00 bits per heavy atom. The van der Waals surface area contributed by atoms with E-state index in [9.17, 15) is 9.59 Å². The second-order valence-corrected chi connectivity index (χ2v) is 2.85. The van der Waals surface area contributed by atoms with Crippen LogP contribution in [-0.2, 0) is 6.54 Å². The minimum Gasteiger partial charge on any atom is -0.268 e. The zero-order valence-corrected chi connectivity index (χ0v) is 8.23. The third kappa shape index (κ3) is 2.64. The Labute approximate surface area is 86.1 Å². The Balaban J connectivity index is 3.03. The zero-order valence-electron chi connectivity index (χ0n) is 8.23. The molecule has 0 fully saturated rings. The highest BCUT2D eigenvalue weighted by atomic mass is 16.2. The van der Waals surface area contributed by atoms with Crippen LogP contribution < -0.4 is 10.9 Å². The summed E-state index contributed by atoms with van der Waals surface area (Å²) in [6.45, 7) is 2.35. The first-order valence-electron chi connectivity index (χ1n) is 4.46. The Morgan fingerprint density at radius 2 is 2.40 bits per heavy atom. The maximum absolute atomic E-state index is 11.2. The van der Waals surface area contributed by atoms with E-state index < -0.39 is 5.91 Å². The fourth-order valence-electron chi connectivity index (χ4n) is 1.06. The topological polar surface area (TPSA) is 87.8 Å². The van der Waals surface area contributed by atoms with Gasteiger partial charge in [-0.1, -0.05) is 6.92 Å². The van der Waals surface area contributed by atoms with Crippen LogP contribution in [0, 0.1) is 11.5 Å². The van der Waals surface area contributed by atoms with Crippen molar-refractivity contribution < 1.29 is 4.79 Å². The molecule has 0 aliphatic heterocycles. The molecule has 6 heteroatoms. The van der Waals surface area contributed by atoms with E-state index in [1.54, 1.807) is 0 Å². The third-order valence-corrected chi connectivity index (χ3v) is 1.70. The van der Waals surface area contributed by atoms with Gasteiger partial charge in [-0.05, 0) is 12.5 Å². The number of nitriles is 1. The van der Waals surface area contributed by atoms with Gasteiger partial charge in [0.2, 0.25) is 0 Å². The molecule has 1 aromatic heterocycles. The van der Waals surface area contributed by atoms with Crippen molar-refractivity contribution in [3.8, 4) is 6.19 Å². The molecule has 0 saturated carbocycles. The van der Waals surface area contributed by atoms with Crippen molar-refractivity contribution in [2.24, 2.45) is 0 Å². The standard InChI is InChI=1S/C9H10N4O2/c1-2-5-13-8(14)4-3-7(12-13)9(15)11-6-10/h3-4H,2,5H2,1H3,(H,11,15). The zero-order chi connectivity index (χ0) is 11.3. The summed E-state index contributed by atoms with van der Waals surface area (Å²) in [4.78, 5) is 22.4. The highest BCUT2D eigenvalue weighted by Gasteiger charge is 2.07. The monoisotopic (exact) mass is 206 g/mol. The molecule has 0 radical (unpaired) electrons. The molecule has 1 N–H and O–H groups in total. The van der Waals surface area contributed by atoms with Crippen molar-refractivity contribution in [3.05, 3.63) is 28.2 Å². The van der Waals surface area contributed by atoms with Crippen molar-refractivity contribution in [3.63, 3.8) is 0 Å². The number of nitrogens with one attached hydrogen (secondary N) is 1. The number of carbonyl (C=O) groups is 1. The second-order valence-electron chi connectivity index (χ2n) is 2.85. The molecular formula is C9H10N4O2. The number of carbonyl (C=O) groups excluding carboxylic acids is 1. The van der Waals surface area contributed by atoms with Crippen LogP contribution in [0.5, 0.6) is 0 Å². The molecule has 78 valence electrons. The number of aromatic nitrogens is 2. The van der Waals surface area contributed by atoms with Crippen molar-refractivity contribution >= 4 is 5.91 Å². The van der Waals surface area contributed by atoms with Crippen LogP contribution in [0.4, 0.5) is 0 Å². The van der Waals surface area contributed by atoms with E-state index in [0.717, 1.165) is 6.42 Å². The Bertz CT molecular complexity index is 458. The molecular weight excluding hydrogens is 196 g/mol. The molecule has 0 saturated heterocycles. The van der Waals surface area contributed by atoms with Crippen LogP contribution in [0.2, 0.25) is 0 Å². The van der Waals surface area contributed by atoms with Crippen molar-refractivity contribution in [1.82, 2.24) is 15.1 Å². The first kappa shape index (κ1) is 10.9. The second kappa shape index (κ2) is 4.91. The summed E-state index contributed by atoms with van der Waals surface area (Å²) in [6, 6.07) is 2.55. The third-order valence-electron chi connectivity index (χ3n) is 1.70. The van der Waals surface area contributed by atoms with Gasteiger partial charge in [0, 0.05) is 12.6 Å². The van der Waals surface area contributed by atoms with Crippen LogP contribution in [0.15, 0.2) is 16.9 Å². The number of rotatable bonds is 3. The SMILES string of the molecule is CCCn1nc(C(=O)NC#N)ccc1=O. The van der Waals surface area contributed by atoms with Crippen molar-refractivity contribution in [1.29, 1.82) is 5.26 Å². The van der Waals surface area contributed by atoms with Gasteiger partial charge in [0.15, 0.2) is 6.19 Å². The Hall–Kier alpha value is -2.16. The molecule has 0 aliphatic rings. The van der Waals surface area contributed by atoms with Crippen LogP contribution in [-0.4, -0.2) is 15.7 Å². The number of aryl methyl sites for hydroxylation is 1. The average Bonchev–Trinajstić information content (AvgIpc) is 2.22. The Morgan fingerprint density at radius 1 is 1.67 bits per heavy atom. The first-order valence-corrected chi connectivity index (χ1v) is 4.46. The molecule has 0 aromatic carbocycles. The van der Waals surface area contributed by atoms with Gasteiger partial charge in [0.1, 0.15) is 5.69 Å². The van der Waals surface area contributed by atoms with Crippen molar-refractivity contribution in [2.45, 2.75) is 19.9 Å². The summed E-state index contributed by atoms with van der Waals surface area (Å²) >= 11 is 0. The van der Waals surface area contributed by atoms with Gasteiger partial charge < -0.3 is 0 Å². The first-order chi connectivity index (χ1) is 7.19. The predicted octanol–water partition coefficient (Wildman–Crippen LogP) is -0.136. The summed E-state index contributed by atoms with van der Waals surface area (Å²) < 4.78 is 1.20. The Kier molecular flexibility index (Phi) is 3.57. The van der Waals surface area contributed by atoms with E-state index in [4.69, 9.17) is 5.26 Å². The lowest BCUT2D eigenvalue weighted by Gasteiger charge is -2.03. The highest BCUT2D eigenvalue weighted by Crippen LogP contribution is 1.91. The minimum absolute atomic E-state index is 0.0598. The minimum atomic E-state index is -0.609. The van der Waals surface area contributed by atoms with E-state index in [0.29, 0.717) is 6.54 Å². The van der Waals surface area contributed by atoms with E-state index in [2.05, 4.69) is 5.10 Å². The number of hydrogen-bond donors (Lipinski definition) is 1. The van der Waals surface area contributed by atoms with Gasteiger partial charge in [-0.3, -0.25) is 14.9 Å². The summed E-state index contributed by atoms with van der Waals surface area (Å²) in [5.41, 5.74) is -0.199. The fourth-order valence-corrected chi connectivity index (χ4v) is 1.06. The summed E-state index contributed by atoms with van der Waals surface area (Å²) in [6.07, 6.45) is 2.25. The normalized spacial score (nSPS) is 9.33. The lowest BCUT2D eigenvalue weighted by Crippen LogP contribution is -2.27. The fraction of sp³-hybridized carbons (Fsp3) is 0.333. The summed E-state index contributed by atoms with van der Waals surface area (Å²) in [7, 11) is 0. The molecule has 0 atom stereocenters. The molecule has 1 heterocycles. The summed E-state index contributed by atoms with van der Waals surface area (Å²) in [5, 5.41) is 14.0. The number of amides is 1. The van der Waals surface area contributed by atoms with Crippen LogP contribution in [0.3, 0.4) is 0 Å². The van der Waals surface area contributed by atoms with Gasteiger partial charge in [-0.25, -0.2) is 4.68 Å². The molecule has 1 amide bonds. The molecule has 1 rings (SSSR count). The molecule has 15 heavy (non-hydrogen) atoms. The molecule has 6 nitrogen and oxygen atoms in total. The highest BCUT2D eigenvalue weighted by molar-refractivity contribution is 5.92. The van der Waals surface area contributed by atoms with Gasteiger partial charge in [-0.2, -0.15) is 10.4 Å². The molecule has 1 aromatic rings. The van der Waals surface area contributed by atoms with Crippen LogP contribution in [0.1, 0.15) is 23.8 Å². The van der Waals surface area contributed by atoms with E-state index in [1.165, 1.54) is 23.0 Å². The quantitative estimate of drug-likeness (QED) is 0.551. The number of hydrogen-bond acceptors (Lipinski definition) is 4. The van der Waals surface area contributed by atoms with E-state index >= 15 is 0 Å². The van der Waals surface area contributed by atoms with E-state index in [1.807, 2.05) is 12.2 Å². The van der Waals surface area contributed by atoms with Gasteiger partial charge in [0.25, 0.3) is 11.5 Å². The van der Waals surface area contributed by atoms with Gasteiger partial charge in [-0.15, -0.1) is 0 Å². The lowest BCUT2D eigenvalue weighted by atomic mass is 10.3. The predicted molar refractivity (Wildman–Crippen MR) is 51.9 cm³/mol. The maximum Gasteiger partial charge on any atom is 0.284 e. The van der Waals surface area contributed by atoms with Crippen LogP contribution in [0.25, 0.3) is 0 Å². The lowest BCUT2D eigenvalue weighted by molar-refractivity contribution is 0.0965. The largest absolute Gasteiger partial charge is 0.284 e. The number of nitrogens with zero attached hydrogens (tertiary/aromatic N) is 3. The maximum atomic E-state index is 11.2. The van der Waals surface area contributed by atoms with Crippen molar-refractivity contribution in [2.75, 3.05) is 0 Å². The van der Waals surface area contributed by atoms with Crippen LogP contribution >= 0.6 is 0 Å². The summed E-state index contributed by atoms with van der Waals surface area (Å²) in [5.74, 6) is -0.609. The van der Waals surface area contributed by atoms with Gasteiger partial charge in [0.05, 0.1) is 0 Å². The smallest absolute Gasteiger partial charge is 0.268 e.